The minimum atomic E-state index is 0.671. The number of fused-ring (bicyclic) bond motifs is 5. The second-order valence-electron chi connectivity index (χ2n) is 12.9. The van der Waals surface area contributed by atoms with E-state index in [9.17, 15) is 0 Å². The van der Waals surface area contributed by atoms with Crippen LogP contribution in [-0.4, -0.2) is 15.0 Å². The number of aromatic nitrogens is 3. The number of hydrogen-bond donors (Lipinski definition) is 0. The third-order valence-electron chi connectivity index (χ3n) is 9.90. The maximum atomic E-state index is 5.32. The normalized spacial score (nSPS) is 11.6. The highest BCUT2D eigenvalue weighted by molar-refractivity contribution is 6.13. The summed E-state index contributed by atoms with van der Waals surface area (Å²) in [6.07, 6.45) is 7.81. The molecule has 2 heterocycles. The van der Waals surface area contributed by atoms with Gasteiger partial charge in [0, 0.05) is 33.8 Å². The molecule has 0 N–H and O–H groups in total. The second-order valence-corrected chi connectivity index (χ2v) is 12.9. The van der Waals surface area contributed by atoms with Gasteiger partial charge in [0.2, 0.25) is 0 Å². The third kappa shape index (κ3) is 5.36. The molecule has 0 saturated heterocycles. The van der Waals surface area contributed by atoms with Gasteiger partial charge in [0.05, 0.1) is 17.1 Å². The van der Waals surface area contributed by atoms with Gasteiger partial charge in [0.15, 0.2) is 5.82 Å². The van der Waals surface area contributed by atoms with Crippen LogP contribution in [0.2, 0.25) is 0 Å². The Kier molecular flexibility index (Phi) is 7.52. The Hall–Kier alpha value is -6.71. The molecular weight excluding hydrogens is 619 g/mol. The zero-order valence-corrected chi connectivity index (χ0v) is 28.2. The average Bonchev–Trinajstić information content (AvgIpc) is 3.20. The van der Waals surface area contributed by atoms with E-state index in [1.165, 1.54) is 32.5 Å². The highest BCUT2D eigenvalue weighted by atomic mass is 14.9. The van der Waals surface area contributed by atoms with Crippen molar-refractivity contribution in [1.82, 2.24) is 15.0 Å². The first-order chi connectivity index (χ1) is 25.2. The summed E-state index contributed by atoms with van der Waals surface area (Å²) in [4.78, 5) is 15.4. The van der Waals surface area contributed by atoms with Gasteiger partial charge in [-0.3, -0.25) is 4.98 Å². The smallest absolute Gasteiger partial charge is 0.160 e. The molecule has 0 unspecified atom stereocenters. The molecule has 0 saturated carbocycles. The molecular formula is C48H33N3. The van der Waals surface area contributed by atoms with Crippen LogP contribution >= 0.6 is 0 Å². The maximum absolute atomic E-state index is 5.32. The SMILES string of the molecule is C=C/C=C\c1cc(-c2cc(-c3cc4ccccc4c4ccccc34)nc(-c3ccc(-c4nccc5ccccc45)cc3)n2)c2ccccc2c1C. The molecule has 2 aromatic heterocycles. The first kappa shape index (κ1) is 30.4. The number of rotatable bonds is 6. The number of hydrogen-bond acceptors (Lipinski definition) is 3. The fourth-order valence-corrected chi connectivity index (χ4v) is 7.34. The molecule has 0 aliphatic heterocycles. The lowest BCUT2D eigenvalue weighted by Gasteiger charge is -2.16. The number of aryl methyl sites for hydroxylation is 1. The van der Waals surface area contributed by atoms with Crippen LogP contribution in [0.25, 0.3) is 94.3 Å². The molecule has 0 aliphatic carbocycles. The van der Waals surface area contributed by atoms with E-state index < -0.39 is 0 Å². The summed E-state index contributed by atoms with van der Waals surface area (Å²) in [6, 6.07) is 51.4. The predicted octanol–water partition coefficient (Wildman–Crippen LogP) is 12.7. The topological polar surface area (TPSA) is 38.7 Å². The van der Waals surface area contributed by atoms with Crippen molar-refractivity contribution in [1.29, 1.82) is 0 Å². The lowest BCUT2D eigenvalue weighted by molar-refractivity contribution is 1.19. The van der Waals surface area contributed by atoms with Crippen LogP contribution in [0.1, 0.15) is 11.1 Å². The van der Waals surface area contributed by atoms with Crippen LogP contribution in [0, 0.1) is 6.92 Å². The Morgan fingerprint density at radius 3 is 1.80 bits per heavy atom. The van der Waals surface area contributed by atoms with E-state index in [1.54, 1.807) is 0 Å². The van der Waals surface area contributed by atoms with Crippen LogP contribution in [0.15, 0.2) is 171 Å². The van der Waals surface area contributed by atoms with Crippen molar-refractivity contribution in [2.45, 2.75) is 6.92 Å². The molecule has 51 heavy (non-hydrogen) atoms. The monoisotopic (exact) mass is 651 g/mol. The molecule has 7 aromatic carbocycles. The average molecular weight is 652 g/mol. The van der Waals surface area contributed by atoms with Crippen LogP contribution in [0.5, 0.6) is 0 Å². The van der Waals surface area contributed by atoms with Gasteiger partial charge in [-0.05, 0) is 80.0 Å². The Labute approximate surface area is 296 Å². The Morgan fingerprint density at radius 1 is 0.510 bits per heavy atom. The molecule has 0 spiro atoms. The first-order valence-corrected chi connectivity index (χ1v) is 17.2. The van der Waals surface area contributed by atoms with Crippen molar-refractivity contribution in [3.63, 3.8) is 0 Å². The molecule has 0 aliphatic rings. The Bertz CT molecular complexity index is 2820. The van der Waals surface area contributed by atoms with Gasteiger partial charge in [0.1, 0.15) is 0 Å². The van der Waals surface area contributed by atoms with Crippen LogP contribution in [-0.2, 0) is 0 Å². The van der Waals surface area contributed by atoms with Crippen molar-refractivity contribution in [2.24, 2.45) is 0 Å². The van der Waals surface area contributed by atoms with E-state index in [4.69, 9.17) is 15.0 Å². The van der Waals surface area contributed by atoms with E-state index in [2.05, 4.69) is 165 Å². The summed E-state index contributed by atoms with van der Waals surface area (Å²) in [5, 5.41) is 9.42. The molecule has 0 bridgehead atoms. The van der Waals surface area contributed by atoms with Crippen molar-refractivity contribution in [2.75, 3.05) is 0 Å². The zero-order chi connectivity index (χ0) is 34.3. The van der Waals surface area contributed by atoms with E-state index in [1.807, 2.05) is 18.3 Å². The van der Waals surface area contributed by atoms with E-state index in [-0.39, 0.29) is 0 Å². The molecule has 0 fully saturated rings. The van der Waals surface area contributed by atoms with E-state index in [0.717, 1.165) is 61.1 Å². The van der Waals surface area contributed by atoms with Crippen LogP contribution in [0.4, 0.5) is 0 Å². The minimum absolute atomic E-state index is 0.671. The summed E-state index contributed by atoms with van der Waals surface area (Å²) in [7, 11) is 0. The van der Waals surface area contributed by atoms with Gasteiger partial charge < -0.3 is 0 Å². The van der Waals surface area contributed by atoms with Gasteiger partial charge in [-0.1, -0.05) is 146 Å². The Morgan fingerprint density at radius 2 is 1.08 bits per heavy atom. The summed E-state index contributed by atoms with van der Waals surface area (Å²) in [5.41, 5.74) is 9.20. The zero-order valence-electron chi connectivity index (χ0n) is 28.2. The van der Waals surface area contributed by atoms with Crippen LogP contribution < -0.4 is 0 Å². The molecule has 0 amide bonds. The lowest BCUT2D eigenvalue weighted by atomic mass is 9.92. The lowest BCUT2D eigenvalue weighted by Crippen LogP contribution is -1.98. The number of allylic oxidation sites excluding steroid dienone is 2. The largest absolute Gasteiger partial charge is 0.256 e. The van der Waals surface area contributed by atoms with E-state index >= 15 is 0 Å². The molecule has 3 nitrogen and oxygen atoms in total. The molecule has 0 radical (unpaired) electrons. The van der Waals surface area contributed by atoms with Crippen molar-refractivity contribution < 1.29 is 0 Å². The van der Waals surface area contributed by atoms with Gasteiger partial charge in [-0.15, -0.1) is 0 Å². The van der Waals surface area contributed by atoms with Gasteiger partial charge >= 0.3 is 0 Å². The highest BCUT2D eigenvalue weighted by Gasteiger charge is 2.17. The summed E-state index contributed by atoms with van der Waals surface area (Å²) in [5.74, 6) is 0.671. The standard InChI is InChI=1S/C48H33N3/c1-3-4-13-35-28-43(40-19-10-9-16-37(40)31(35)2)45-30-46(44-29-36-15-6-7-17-38(36)41-20-11-12-21-42(41)44)51-48(50-45)34-24-22-33(23-25-34)47-39-18-8-5-14-32(39)26-27-49-47/h3-30H,1H2,2H3/b13-4-. The quantitative estimate of drug-likeness (QED) is 0.133. The summed E-state index contributed by atoms with van der Waals surface area (Å²) < 4.78 is 0. The fraction of sp³-hybridized carbons (Fsp3) is 0.0208. The first-order valence-electron chi connectivity index (χ1n) is 17.2. The molecule has 9 rings (SSSR count). The summed E-state index contributed by atoms with van der Waals surface area (Å²) in [6.45, 7) is 6.09. The highest BCUT2D eigenvalue weighted by Crippen LogP contribution is 2.39. The minimum Gasteiger partial charge on any atom is -0.256 e. The van der Waals surface area contributed by atoms with Crippen molar-refractivity contribution in [3.8, 4) is 45.2 Å². The second kappa shape index (κ2) is 12.6. The number of pyridine rings is 1. The maximum Gasteiger partial charge on any atom is 0.160 e. The van der Waals surface area contributed by atoms with E-state index in [0.29, 0.717) is 5.82 Å². The molecule has 9 aromatic rings. The number of benzene rings is 7. The number of nitrogens with zero attached hydrogens (tertiary/aromatic N) is 3. The van der Waals surface area contributed by atoms with Gasteiger partial charge in [-0.2, -0.15) is 0 Å². The van der Waals surface area contributed by atoms with Gasteiger partial charge in [-0.25, -0.2) is 9.97 Å². The molecule has 0 atom stereocenters. The van der Waals surface area contributed by atoms with Gasteiger partial charge in [0.25, 0.3) is 0 Å². The molecule has 3 heteroatoms. The fourth-order valence-electron chi connectivity index (χ4n) is 7.34. The Balaban J connectivity index is 1.29. The third-order valence-corrected chi connectivity index (χ3v) is 9.90. The predicted molar refractivity (Wildman–Crippen MR) is 216 cm³/mol. The van der Waals surface area contributed by atoms with Crippen molar-refractivity contribution >= 4 is 49.2 Å². The van der Waals surface area contributed by atoms with Crippen LogP contribution in [0.3, 0.4) is 0 Å². The van der Waals surface area contributed by atoms with Crippen molar-refractivity contribution in [3.05, 3.63) is 182 Å². The summed E-state index contributed by atoms with van der Waals surface area (Å²) >= 11 is 0. The molecule has 240 valence electrons.